The van der Waals surface area contributed by atoms with Gasteiger partial charge in [0.2, 0.25) is 10.0 Å². The number of non-ortho nitro benzene ring substituents is 1. The van der Waals surface area contributed by atoms with E-state index in [0.717, 1.165) is 11.6 Å². The molecular weight excluding hydrogens is 418 g/mol. The van der Waals surface area contributed by atoms with E-state index in [4.69, 9.17) is 11.6 Å². The van der Waals surface area contributed by atoms with Crippen molar-refractivity contribution in [3.8, 4) is 0 Å². The van der Waals surface area contributed by atoms with Crippen LogP contribution < -0.4 is 0 Å². The quantitative estimate of drug-likeness (QED) is 0.540. The Labute approximate surface area is 173 Å². The molecule has 1 aliphatic rings. The predicted octanol–water partition coefficient (Wildman–Crippen LogP) is 3.01. The summed E-state index contributed by atoms with van der Waals surface area (Å²) in [4.78, 5) is 24.7. The van der Waals surface area contributed by atoms with E-state index < -0.39 is 14.9 Å². The third-order valence-electron chi connectivity index (χ3n) is 4.87. The van der Waals surface area contributed by atoms with Crippen LogP contribution in [0.2, 0.25) is 5.02 Å². The summed E-state index contributed by atoms with van der Waals surface area (Å²) in [5.41, 5.74) is 1.62. The zero-order valence-electron chi connectivity index (χ0n) is 16.0. The molecule has 8 nitrogen and oxygen atoms in total. The molecule has 2 aromatic carbocycles. The number of aryl methyl sites for hydroxylation is 2. The third-order valence-corrected chi connectivity index (χ3v) is 7.24. The molecule has 3 rings (SSSR count). The Morgan fingerprint density at radius 1 is 1.07 bits per heavy atom. The molecule has 10 heteroatoms. The zero-order valence-corrected chi connectivity index (χ0v) is 17.5. The maximum absolute atomic E-state index is 13.0. The monoisotopic (exact) mass is 437 g/mol. The van der Waals surface area contributed by atoms with Gasteiger partial charge in [-0.1, -0.05) is 29.3 Å². The molecule has 1 amide bonds. The van der Waals surface area contributed by atoms with Crippen LogP contribution >= 0.6 is 11.6 Å². The van der Waals surface area contributed by atoms with Crippen molar-refractivity contribution in [2.24, 2.45) is 0 Å². The van der Waals surface area contributed by atoms with Crippen LogP contribution in [0.15, 0.2) is 41.3 Å². The molecule has 0 unspecified atom stereocenters. The number of nitro benzene ring substituents is 1. The minimum absolute atomic E-state index is 0.00506. The molecule has 0 saturated carbocycles. The lowest BCUT2D eigenvalue weighted by Crippen LogP contribution is -2.50. The topological polar surface area (TPSA) is 101 Å². The van der Waals surface area contributed by atoms with Gasteiger partial charge in [0, 0.05) is 38.3 Å². The summed E-state index contributed by atoms with van der Waals surface area (Å²) in [5, 5.41) is 10.8. The molecule has 1 heterocycles. The minimum atomic E-state index is -3.65. The highest BCUT2D eigenvalue weighted by Crippen LogP contribution is 2.26. The largest absolute Gasteiger partial charge is 0.336 e. The van der Waals surface area contributed by atoms with Gasteiger partial charge in [-0.2, -0.15) is 4.31 Å². The summed E-state index contributed by atoms with van der Waals surface area (Å²) in [6.45, 7) is 4.39. The highest BCUT2D eigenvalue weighted by atomic mass is 35.5. The first-order valence-electron chi connectivity index (χ1n) is 8.92. The van der Waals surface area contributed by atoms with Crippen LogP contribution in [0.25, 0.3) is 0 Å². The van der Waals surface area contributed by atoms with Crippen LogP contribution in [0.1, 0.15) is 21.5 Å². The SMILES string of the molecule is Cc1ccc(S(=O)(=O)N2CCN(C(=O)c3ccc([N+](=O)[O-])cc3Cl)CC2)c(C)c1. The van der Waals surface area contributed by atoms with E-state index >= 15 is 0 Å². The molecule has 1 aliphatic heterocycles. The van der Waals surface area contributed by atoms with Crippen molar-refractivity contribution in [3.63, 3.8) is 0 Å². The third kappa shape index (κ3) is 4.26. The summed E-state index contributed by atoms with van der Waals surface area (Å²) < 4.78 is 27.3. The summed E-state index contributed by atoms with van der Waals surface area (Å²) in [5.74, 6) is -0.381. The first kappa shape index (κ1) is 21.2. The lowest BCUT2D eigenvalue weighted by Gasteiger charge is -2.34. The number of carbonyl (C=O) groups excluding carboxylic acids is 1. The van der Waals surface area contributed by atoms with Crippen molar-refractivity contribution in [3.05, 3.63) is 68.2 Å². The van der Waals surface area contributed by atoms with E-state index in [1.807, 2.05) is 13.0 Å². The first-order chi connectivity index (χ1) is 13.6. The molecule has 1 fully saturated rings. The molecule has 1 saturated heterocycles. The summed E-state index contributed by atoms with van der Waals surface area (Å²) in [6, 6.07) is 8.87. The second kappa shape index (κ2) is 8.10. The van der Waals surface area contributed by atoms with E-state index in [-0.39, 0.29) is 53.3 Å². The van der Waals surface area contributed by atoms with Crippen molar-refractivity contribution in [1.82, 2.24) is 9.21 Å². The van der Waals surface area contributed by atoms with E-state index in [9.17, 15) is 23.3 Å². The molecule has 29 heavy (non-hydrogen) atoms. The Kier molecular flexibility index (Phi) is 5.92. The minimum Gasteiger partial charge on any atom is -0.336 e. The molecular formula is C19H20ClN3O5S. The van der Waals surface area contributed by atoms with Crippen LogP contribution in [-0.2, 0) is 10.0 Å². The lowest BCUT2D eigenvalue weighted by molar-refractivity contribution is -0.384. The number of nitro groups is 1. The second-order valence-corrected chi connectivity index (χ2v) is 9.20. The van der Waals surface area contributed by atoms with E-state index in [2.05, 4.69) is 0 Å². The standard InChI is InChI=1S/C19H20ClN3O5S/c1-13-3-6-18(14(2)11-13)29(27,28)22-9-7-21(8-10-22)19(24)16-5-4-15(23(25)26)12-17(16)20/h3-6,11-12H,7-10H2,1-2H3. The normalized spacial score (nSPS) is 15.3. The second-order valence-electron chi connectivity index (χ2n) is 6.89. The Bertz CT molecular complexity index is 1080. The molecule has 0 atom stereocenters. The zero-order chi connectivity index (χ0) is 21.3. The average Bonchev–Trinajstić information content (AvgIpc) is 2.67. The maximum Gasteiger partial charge on any atom is 0.270 e. The molecule has 0 spiro atoms. The fraction of sp³-hybridized carbons (Fsp3) is 0.316. The number of hydrogen-bond acceptors (Lipinski definition) is 5. The number of carbonyl (C=O) groups is 1. The number of benzene rings is 2. The molecule has 0 aromatic heterocycles. The number of hydrogen-bond donors (Lipinski definition) is 0. The maximum atomic E-state index is 13.0. The number of sulfonamides is 1. The number of rotatable bonds is 4. The van der Waals surface area contributed by atoms with E-state index in [1.54, 1.807) is 19.1 Å². The van der Waals surface area contributed by atoms with E-state index in [0.29, 0.717) is 5.56 Å². The van der Waals surface area contributed by atoms with Gasteiger partial charge in [-0.05, 0) is 31.5 Å². The van der Waals surface area contributed by atoms with Gasteiger partial charge in [-0.3, -0.25) is 14.9 Å². The lowest BCUT2D eigenvalue weighted by atomic mass is 10.1. The number of halogens is 1. The average molecular weight is 438 g/mol. The van der Waals surface area contributed by atoms with Gasteiger partial charge in [-0.25, -0.2) is 8.42 Å². The molecule has 154 valence electrons. The van der Waals surface area contributed by atoms with Crippen LogP contribution in [-0.4, -0.2) is 54.6 Å². The Morgan fingerprint density at radius 2 is 1.72 bits per heavy atom. The molecule has 0 bridgehead atoms. The van der Waals surface area contributed by atoms with Crippen molar-refractivity contribution >= 4 is 33.2 Å². The highest BCUT2D eigenvalue weighted by molar-refractivity contribution is 7.89. The predicted molar refractivity (Wildman–Crippen MR) is 109 cm³/mol. The van der Waals surface area contributed by atoms with Crippen LogP contribution in [0.5, 0.6) is 0 Å². The van der Waals surface area contributed by atoms with Crippen LogP contribution in [0.4, 0.5) is 5.69 Å². The number of amides is 1. The van der Waals surface area contributed by atoms with Gasteiger partial charge in [0.05, 0.1) is 20.4 Å². The Hall–Kier alpha value is -2.49. The van der Waals surface area contributed by atoms with Gasteiger partial charge in [0.25, 0.3) is 11.6 Å². The Morgan fingerprint density at radius 3 is 2.28 bits per heavy atom. The fourth-order valence-corrected chi connectivity index (χ4v) is 5.20. The molecule has 0 N–H and O–H groups in total. The van der Waals surface area contributed by atoms with Gasteiger partial charge in [0.15, 0.2) is 0 Å². The van der Waals surface area contributed by atoms with Gasteiger partial charge < -0.3 is 4.90 Å². The number of nitrogens with zero attached hydrogens (tertiary/aromatic N) is 3. The summed E-state index contributed by atoms with van der Waals surface area (Å²) in [6.07, 6.45) is 0. The Balaban J connectivity index is 1.73. The van der Waals surface area contributed by atoms with Gasteiger partial charge in [0.1, 0.15) is 0 Å². The molecule has 2 aromatic rings. The molecule has 0 radical (unpaired) electrons. The van der Waals surface area contributed by atoms with E-state index in [1.165, 1.54) is 21.3 Å². The first-order valence-corrected chi connectivity index (χ1v) is 10.7. The van der Waals surface area contributed by atoms with Crippen LogP contribution in [0, 0.1) is 24.0 Å². The summed E-state index contributed by atoms with van der Waals surface area (Å²) in [7, 11) is -3.65. The van der Waals surface area contributed by atoms with Gasteiger partial charge in [-0.15, -0.1) is 0 Å². The van der Waals surface area contributed by atoms with Crippen molar-refractivity contribution < 1.29 is 18.1 Å². The van der Waals surface area contributed by atoms with Crippen LogP contribution in [0.3, 0.4) is 0 Å². The van der Waals surface area contributed by atoms with Crippen molar-refractivity contribution in [2.75, 3.05) is 26.2 Å². The van der Waals surface area contributed by atoms with Crippen molar-refractivity contribution in [2.45, 2.75) is 18.7 Å². The smallest absolute Gasteiger partial charge is 0.270 e. The molecule has 0 aliphatic carbocycles. The summed E-state index contributed by atoms with van der Waals surface area (Å²) >= 11 is 6.04. The highest BCUT2D eigenvalue weighted by Gasteiger charge is 2.32. The van der Waals surface area contributed by atoms with Gasteiger partial charge >= 0.3 is 0 Å². The fourth-order valence-electron chi connectivity index (χ4n) is 3.32. The number of piperazine rings is 1. The van der Waals surface area contributed by atoms with Crippen molar-refractivity contribution in [1.29, 1.82) is 0 Å².